The van der Waals surface area contributed by atoms with Crippen LogP contribution in [0.1, 0.15) is 17.5 Å². The van der Waals surface area contributed by atoms with Gasteiger partial charge in [-0.3, -0.25) is 9.59 Å². The predicted octanol–water partition coefficient (Wildman–Crippen LogP) is 2.09. The van der Waals surface area contributed by atoms with Crippen molar-refractivity contribution in [2.24, 2.45) is 0 Å². The zero-order valence-corrected chi connectivity index (χ0v) is 14.3. The van der Waals surface area contributed by atoms with Crippen molar-refractivity contribution in [1.29, 1.82) is 0 Å². The molecule has 24 heavy (non-hydrogen) atoms. The molecule has 2 amide bonds. The second-order valence-corrected chi connectivity index (χ2v) is 6.55. The molecular weight excluding hydrogens is 324 g/mol. The molecule has 1 aliphatic rings. The third-order valence-electron chi connectivity index (χ3n) is 4.27. The molecule has 1 saturated heterocycles. The fourth-order valence-corrected chi connectivity index (χ4v) is 3.03. The summed E-state index contributed by atoms with van der Waals surface area (Å²) in [6.07, 6.45) is 1.09. The first-order valence-corrected chi connectivity index (χ1v) is 8.43. The smallest absolute Gasteiger partial charge is 0.292 e. The minimum absolute atomic E-state index is 0.125. The summed E-state index contributed by atoms with van der Waals surface area (Å²) in [5.41, 5.74) is 2.93. The van der Waals surface area contributed by atoms with Gasteiger partial charge in [0.25, 0.3) is 5.91 Å². The van der Waals surface area contributed by atoms with E-state index in [1.54, 1.807) is 0 Å². The lowest BCUT2D eigenvalue weighted by atomic mass is 10.1. The van der Waals surface area contributed by atoms with Gasteiger partial charge in [0, 0.05) is 11.4 Å². The molecule has 0 bridgehead atoms. The Labute approximate surface area is 146 Å². The van der Waals surface area contributed by atoms with Gasteiger partial charge in [-0.1, -0.05) is 41.4 Å². The van der Waals surface area contributed by atoms with E-state index in [1.165, 1.54) is 10.5 Å². The molecule has 3 rings (SSSR count). The van der Waals surface area contributed by atoms with Crippen molar-refractivity contribution in [3.63, 3.8) is 0 Å². The molecule has 0 radical (unpaired) electrons. The Balaban J connectivity index is 1.59. The molecule has 0 aromatic heterocycles. The average molecular weight is 344 g/mol. The van der Waals surface area contributed by atoms with Crippen LogP contribution < -0.4 is 10.2 Å². The van der Waals surface area contributed by atoms with Crippen LogP contribution in [0.3, 0.4) is 0 Å². The van der Waals surface area contributed by atoms with Crippen molar-refractivity contribution in [1.82, 2.24) is 0 Å². The van der Waals surface area contributed by atoms with E-state index >= 15 is 0 Å². The number of anilines is 1. The summed E-state index contributed by atoms with van der Waals surface area (Å²) in [6.45, 7) is 2.73. The van der Waals surface area contributed by atoms with E-state index in [9.17, 15) is 9.59 Å². The number of hydrogen-bond donors (Lipinski definition) is 1. The first kappa shape index (κ1) is 16.7. The SMILES string of the molecule is Cc1ccc(N2C(=O)C[C@@H]([NH2+]CCc3ccc(Cl)cc3)C2=O)cc1. The monoisotopic (exact) mass is 343 g/mol. The van der Waals surface area contributed by atoms with Gasteiger partial charge in [0.1, 0.15) is 0 Å². The summed E-state index contributed by atoms with van der Waals surface area (Å²) in [5, 5.41) is 2.68. The van der Waals surface area contributed by atoms with Gasteiger partial charge in [0.05, 0.1) is 18.7 Å². The summed E-state index contributed by atoms with van der Waals surface area (Å²) in [7, 11) is 0. The largest absolute Gasteiger partial charge is 0.335 e. The number of rotatable bonds is 5. The lowest BCUT2D eigenvalue weighted by Gasteiger charge is -2.14. The summed E-state index contributed by atoms with van der Waals surface area (Å²) < 4.78 is 0. The van der Waals surface area contributed by atoms with Crippen molar-refractivity contribution in [2.75, 3.05) is 11.4 Å². The van der Waals surface area contributed by atoms with Crippen LogP contribution in [-0.2, 0) is 16.0 Å². The minimum atomic E-state index is -0.328. The zero-order valence-electron chi connectivity index (χ0n) is 13.5. The number of imide groups is 1. The third-order valence-corrected chi connectivity index (χ3v) is 4.52. The molecule has 1 atom stereocenters. The van der Waals surface area contributed by atoms with Crippen molar-refractivity contribution < 1.29 is 14.9 Å². The number of carbonyl (C=O) groups is 2. The fraction of sp³-hybridized carbons (Fsp3) is 0.263. The summed E-state index contributed by atoms with van der Waals surface area (Å²) in [5.74, 6) is -0.253. The van der Waals surface area contributed by atoms with Gasteiger partial charge < -0.3 is 5.32 Å². The van der Waals surface area contributed by atoms with E-state index in [0.717, 1.165) is 18.5 Å². The quantitative estimate of drug-likeness (QED) is 0.845. The van der Waals surface area contributed by atoms with E-state index in [4.69, 9.17) is 11.6 Å². The van der Waals surface area contributed by atoms with E-state index in [1.807, 2.05) is 60.8 Å². The highest BCUT2D eigenvalue weighted by atomic mass is 35.5. The van der Waals surface area contributed by atoms with E-state index in [-0.39, 0.29) is 24.3 Å². The number of nitrogens with zero attached hydrogens (tertiary/aromatic N) is 1. The number of hydrogen-bond acceptors (Lipinski definition) is 2. The molecule has 0 spiro atoms. The molecule has 5 heteroatoms. The third kappa shape index (κ3) is 3.66. The Bertz CT molecular complexity index is 741. The molecule has 0 unspecified atom stereocenters. The molecule has 4 nitrogen and oxygen atoms in total. The molecule has 124 valence electrons. The Morgan fingerprint density at radius 1 is 1.08 bits per heavy atom. The maximum absolute atomic E-state index is 12.5. The Morgan fingerprint density at radius 3 is 2.42 bits per heavy atom. The normalized spacial score (nSPS) is 17.6. The molecule has 0 saturated carbocycles. The number of carbonyl (C=O) groups excluding carboxylic acids is 2. The number of nitrogens with two attached hydrogens (primary N) is 1. The molecule has 2 aromatic carbocycles. The van der Waals surface area contributed by atoms with Crippen molar-refractivity contribution in [3.05, 3.63) is 64.7 Å². The summed E-state index contributed by atoms with van der Waals surface area (Å²) in [6, 6.07) is 14.8. The topological polar surface area (TPSA) is 54.0 Å². The van der Waals surface area contributed by atoms with Gasteiger partial charge in [-0.2, -0.15) is 0 Å². The summed E-state index contributed by atoms with van der Waals surface area (Å²) >= 11 is 5.87. The lowest BCUT2D eigenvalue weighted by Crippen LogP contribution is -2.92. The highest BCUT2D eigenvalue weighted by Gasteiger charge is 2.41. The van der Waals surface area contributed by atoms with Crippen molar-refractivity contribution >= 4 is 29.1 Å². The Morgan fingerprint density at radius 2 is 1.75 bits per heavy atom. The first-order valence-electron chi connectivity index (χ1n) is 8.06. The Hall–Kier alpha value is -2.17. The second-order valence-electron chi connectivity index (χ2n) is 6.11. The fourth-order valence-electron chi connectivity index (χ4n) is 2.91. The van der Waals surface area contributed by atoms with E-state index < -0.39 is 0 Å². The molecule has 2 aromatic rings. The van der Waals surface area contributed by atoms with Crippen molar-refractivity contribution in [2.45, 2.75) is 25.8 Å². The van der Waals surface area contributed by atoms with Gasteiger partial charge >= 0.3 is 0 Å². The van der Waals surface area contributed by atoms with Crippen LogP contribution in [0.2, 0.25) is 5.02 Å². The highest BCUT2D eigenvalue weighted by molar-refractivity contribution is 6.30. The summed E-state index contributed by atoms with van der Waals surface area (Å²) in [4.78, 5) is 26.1. The molecule has 1 aliphatic heterocycles. The van der Waals surface area contributed by atoms with Gasteiger partial charge in [-0.15, -0.1) is 0 Å². The van der Waals surface area contributed by atoms with Crippen LogP contribution in [0.4, 0.5) is 5.69 Å². The van der Waals surface area contributed by atoms with Crippen LogP contribution in [0.5, 0.6) is 0 Å². The van der Waals surface area contributed by atoms with Gasteiger partial charge in [-0.05, 0) is 36.8 Å². The molecule has 1 fully saturated rings. The van der Waals surface area contributed by atoms with E-state index in [0.29, 0.717) is 10.7 Å². The number of aryl methyl sites for hydroxylation is 1. The highest BCUT2D eigenvalue weighted by Crippen LogP contribution is 2.21. The number of quaternary nitrogens is 1. The standard InChI is InChI=1S/C19H19ClN2O2/c1-13-2-8-16(9-3-13)22-18(23)12-17(19(22)24)21-11-10-14-4-6-15(20)7-5-14/h2-9,17,21H,10-12H2,1H3/p+1/t17-/m1/s1. The Kier molecular flexibility index (Phi) is 4.97. The van der Waals surface area contributed by atoms with Gasteiger partial charge in [0.2, 0.25) is 5.91 Å². The molecule has 2 N–H and O–H groups in total. The predicted molar refractivity (Wildman–Crippen MR) is 94.0 cm³/mol. The average Bonchev–Trinajstić information content (AvgIpc) is 2.85. The molecular formula is C19H20ClN2O2+. The van der Waals surface area contributed by atoms with Gasteiger partial charge in [0.15, 0.2) is 6.04 Å². The van der Waals surface area contributed by atoms with Crippen LogP contribution in [0.15, 0.2) is 48.5 Å². The second kappa shape index (κ2) is 7.16. The van der Waals surface area contributed by atoms with Crippen LogP contribution in [0, 0.1) is 6.92 Å². The first-order chi connectivity index (χ1) is 11.5. The number of amides is 2. The van der Waals surface area contributed by atoms with Crippen LogP contribution >= 0.6 is 11.6 Å². The molecule has 0 aliphatic carbocycles. The van der Waals surface area contributed by atoms with Gasteiger partial charge in [-0.25, -0.2) is 4.90 Å². The maximum Gasteiger partial charge on any atom is 0.292 e. The number of halogens is 1. The van der Waals surface area contributed by atoms with Crippen molar-refractivity contribution in [3.8, 4) is 0 Å². The van der Waals surface area contributed by atoms with Crippen LogP contribution in [-0.4, -0.2) is 24.4 Å². The maximum atomic E-state index is 12.5. The van der Waals surface area contributed by atoms with Crippen LogP contribution in [0.25, 0.3) is 0 Å². The zero-order chi connectivity index (χ0) is 17.1. The number of benzene rings is 2. The minimum Gasteiger partial charge on any atom is -0.335 e. The molecule has 1 heterocycles. The van der Waals surface area contributed by atoms with E-state index in [2.05, 4.69) is 0 Å². The lowest BCUT2D eigenvalue weighted by molar-refractivity contribution is -0.674.